The average Bonchev–Trinajstić information content (AvgIpc) is 2.15. The molecule has 0 aromatic carbocycles. The highest BCUT2D eigenvalue weighted by Gasteiger charge is 2.20. The van der Waals surface area contributed by atoms with Gasteiger partial charge in [-0.25, -0.2) is 10.9 Å². The Morgan fingerprint density at radius 3 is 2.33 bits per heavy atom. The van der Waals surface area contributed by atoms with Crippen LogP contribution in [0.25, 0.3) is 0 Å². The lowest BCUT2D eigenvalue weighted by Gasteiger charge is -2.12. The van der Waals surface area contributed by atoms with Crippen LogP contribution in [0.5, 0.6) is 0 Å². The van der Waals surface area contributed by atoms with Crippen molar-refractivity contribution in [2.24, 2.45) is 0 Å². The van der Waals surface area contributed by atoms with Gasteiger partial charge in [-0.1, -0.05) is 0 Å². The molecule has 15 heavy (non-hydrogen) atoms. The summed E-state index contributed by atoms with van der Waals surface area (Å²) in [5.74, 6) is -3.17. The fourth-order valence-corrected chi connectivity index (χ4v) is 0.693. The van der Waals surface area contributed by atoms with E-state index in [1.165, 1.54) is 7.11 Å². The summed E-state index contributed by atoms with van der Waals surface area (Å²) in [7, 11) is 1.18. The van der Waals surface area contributed by atoms with Crippen LogP contribution in [-0.4, -0.2) is 47.8 Å². The topological polar surface area (TPSA) is 125 Å². The smallest absolute Gasteiger partial charge is 0.322 e. The first-order valence-corrected chi connectivity index (χ1v) is 3.97. The quantitative estimate of drug-likeness (QED) is 0.292. The van der Waals surface area contributed by atoms with E-state index in [9.17, 15) is 14.4 Å². The summed E-state index contributed by atoms with van der Waals surface area (Å²) < 4.78 is 4.27. The van der Waals surface area contributed by atoms with Crippen molar-refractivity contribution in [3.8, 4) is 0 Å². The monoisotopic (exact) mass is 220 g/mol. The van der Waals surface area contributed by atoms with Gasteiger partial charge in [0, 0.05) is 0 Å². The molecule has 4 N–H and O–H groups in total. The predicted molar refractivity (Wildman–Crippen MR) is 46.8 cm³/mol. The molecule has 0 amide bonds. The summed E-state index contributed by atoms with van der Waals surface area (Å²) in [6, 6.07) is -1.30. The van der Waals surface area contributed by atoms with Gasteiger partial charge in [0.05, 0.1) is 13.5 Å². The third-order valence-electron chi connectivity index (χ3n) is 1.41. The van der Waals surface area contributed by atoms with Gasteiger partial charge in [-0.05, 0) is 0 Å². The van der Waals surface area contributed by atoms with Crippen molar-refractivity contribution in [3.05, 3.63) is 0 Å². The third kappa shape index (κ3) is 6.41. The highest BCUT2D eigenvalue weighted by molar-refractivity contribution is 5.80. The number of carboxylic acid groups (broad SMARTS) is 2. The third-order valence-corrected chi connectivity index (χ3v) is 1.41. The summed E-state index contributed by atoms with van der Waals surface area (Å²) in [6.45, 7) is -0.250. The van der Waals surface area contributed by atoms with E-state index in [2.05, 4.69) is 15.6 Å². The molecule has 8 nitrogen and oxygen atoms in total. The van der Waals surface area contributed by atoms with Crippen molar-refractivity contribution in [1.82, 2.24) is 10.9 Å². The van der Waals surface area contributed by atoms with E-state index in [1.54, 1.807) is 0 Å². The summed E-state index contributed by atoms with van der Waals surface area (Å²) in [6.07, 6.45) is -0.594. The van der Waals surface area contributed by atoms with E-state index in [0.717, 1.165) is 0 Å². The molecule has 0 unspecified atom stereocenters. The van der Waals surface area contributed by atoms with E-state index in [1.807, 2.05) is 0 Å². The molecule has 0 aliphatic rings. The molecule has 0 bridgehead atoms. The molecule has 0 spiro atoms. The van der Waals surface area contributed by atoms with Gasteiger partial charge in [0.25, 0.3) is 0 Å². The maximum absolute atomic E-state index is 10.6. The standard InChI is InChI=1S/C7H12N2O6/c1-15-6(12)3-8-9-4(7(13)14)2-5(10)11/h4,8-9H,2-3H2,1H3,(H,10,11)(H,13,14)/t4-/m0/s1. The second-order valence-electron chi connectivity index (χ2n) is 2.56. The van der Waals surface area contributed by atoms with Crippen molar-refractivity contribution in [3.63, 3.8) is 0 Å². The van der Waals surface area contributed by atoms with Gasteiger partial charge in [0.2, 0.25) is 0 Å². The molecule has 0 radical (unpaired) electrons. The van der Waals surface area contributed by atoms with E-state index in [4.69, 9.17) is 10.2 Å². The maximum atomic E-state index is 10.6. The summed E-state index contributed by atoms with van der Waals surface area (Å²) in [5.41, 5.74) is 4.44. The molecule has 0 saturated carbocycles. The average molecular weight is 220 g/mol. The molecule has 0 heterocycles. The fourth-order valence-electron chi connectivity index (χ4n) is 0.693. The highest BCUT2D eigenvalue weighted by atomic mass is 16.5. The fraction of sp³-hybridized carbons (Fsp3) is 0.571. The van der Waals surface area contributed by atoms with Crippen LogP contribution in [0, 0.1) is 0 Å². The van der Waals surface area contributed by atoms with Crippen molar-refractivity contribution in [2.45, 2.75) is 12.5 Å². The summed E-state index contributed by atoms with van der Waals surface area (Å²) >= 11 is 0. The number of aliphatic carboxylic acids is 2. The second kappa shape index (κ2) is 6.74. The van der Waals surface area contributed by atoms with Gasteiger partial charge in [-0.3, -0.25) is 14.4 Å². The van der Waals surface area contributed by atoms with Crippen molar-refractivity contribution in [1.29, 1.82) is 0 Å². The minimum absolute atomic E-state index is 0.250. The number of rotatable bonds is 7. The van der Waals surface area contributed by atoms with Crippen molar-refractivity contribution >= 4 is 17.9 Å². The first-order chi connectivity index (χ1) is 6.97. The van der Waals surface area contributed by atoms with E-state index < -0.39 is 30.4 Å². The lowest BCUT2D eigenvalue weighted by Crippen LogP contribution is -2.48. The predicted octanol–water partition coefficient (Wildman–Crippen LogP) is -1.82. The zero-order valence-corrected chi connectivity index (χ0v) is 8.02. The number of esters is 1. The Morgan fingerprint density at radius 1 is 1.33 bits per heavy atom. The number of hydrazine groups is 1. The highest BCUT2D eigenvalue weighted by Crippen LogP contribution is 1.90. The number of hydrogen-bond acceptors (Lipinski definition) is 6. The van der Waals surface area contributed by atoms with Crippen LogP contribution in [0.1, 0.15) is 6.42 Å². The zero-order chi connectivity index (χ0) is 11.8. The molecule has 0 fully saturated rings. The second-order valence-corrected chi connectivity index (χ2v) is 2.56. The lowest BCUT2D eigenvalue weighted by molar-refractivity contribution is -0.146. The summed E-state index contributed by atoms with van der Waals surface area (Å²) in [4.78, 5) is 31.3. The number of hydrogen-bond donors (Lipinski definition) is 4. The first-order valence-electron chi connectivity index (χ1n) is 3.97. The van der Waals surface area contributed by atoms with Gasteiger partial charge >= 0.3 is 17.9 Å². The van der Waals surface area contributed by atoms with Crippen LogP contribution < -0.4 is 10.9 Å². The lowest BCUT2D eigenvalue weighted by atomic mass is 10.2. The van der Waals surface area contributed by atoms with Crippen molar-refractivity contribution in [2.75, 3.05) is 13.7 Å². The Bertz CT molecular complexity index is 254. The van der Waals surface area contributed by atoms with E-state index in [-0.39, 0.29) is 6.54 Å². The molecule has 8 heteroatoms. The number of methoxy groups -OCH3 is 1. The minimum Gasteiger partial charge on any atom is -0.481 e. The number of carbonyl (C=O) groups excluding carboxylic acids is 1. The molecule has 0 aromatic rings. The van der Waals surface area contributed by atoms with Gasteiger partial charge in [-0.15, -0.1) is 0 Å². The van der Waals surface area contributed by atoms with Gasteiger partial charge < -0.3 is 14.9 Å². The van der Waals surface area contributed by atoms with Crippen LogP contribution in [0.15, 0.2) is 0 Å². The van der Waals surface area contributed by atoms with Crippen LogP contribution in [-0.2, 0) is 19.1 Å². The normalized spacial score (nSPS) is 11.8. The van der Waals surface area contributed by atoms with E-state index in [0.29, 0.717) is 0 Å². The number of nitrogens with one attached hydrogen (secondary N) is 2. The largest absolute Gasteiger partial charge is 0.481 e. The Hall–Kier alpha value is -1.67. The molecule has 0 aliphatic carbocycles. The Balaban J connectivity index is 3.91. The molecule has 86 valence electrons. The van der Waals surface area contributed by atoms with Gasteiger partial charge in [0.1, 0.15) is 12.6 Å². The molecular formula is C7H12N2O6. The molecular weight excluding hydrogens is 208 g/mol. The summed E-state index contributed by atoms with van der Waals surface area (Å²) in [5, 5.41) is 16.9. The molecule has 0 saturated heterocycles. The van der Waals surface area contributed by atoms with E-state index >= 15 is 0 Å². The molecule has 0 rings (SSSR count). The Kier molecular flexibility index (Phi) is 5.99. The van der Waals surface area contributed by atoms with Gasteiger partial charge in [0.15, 0.2) is 0 Å². The molecule has 1 atom stereocenters. The first kappa shape index (κ1) is 13.3. The number of ether oxygens (including phenoxy) is 1. The Morgan fingerprint density at radius 2 is 1.93 bits per heavy atom. The molecule has 0 aliphatic heterocycles. The van der Waals surface area contributed by atoms with Crippen LogP contribution in [0.3, 0.4) is 0 Å². The van der Waals surface area contributed by atoms with Crippen LogP contribution >= 0.6 is 0 Å². The number of carbonyl (C=O) groups is 3. The van der Waals surface area contributed by atoms with Gasteiger partial charge in [-0.2, -0.15) is 0 Å². The SMILES string of the molecule is COC(=O)CNN[C@@H](CC(=O)O)C(=O)O. The van der Waals surface area contributed by atoms with Crippen LogP contribution in [0.4, 0.5) is 0 Å². The Labute approximate surface area is 85.2 Å². The van der Waals surface area contributed by atoms with Crippen LogP contribution in [0.2, 0.25) is 0 Å². The number of carboxylic acids is 2. The van der Waals surface area contributed by atoms with Crippen molar-refractivity contribution < 1.29 is 29.3 Å². The minimum atomic E-state index is -1.32. The molecule has 0 aromatic heterocycles. The zero-order valence-electron chi connectivity index (χ0n) is 8.02. The maximum Gasteiger partial charge on any atom is 0.322 e.